The molecule has 0 N–H and O–H groups in total. The fraction of sp³-hybridized carbons (Fsp3) is 0.304. The summed E-state index contributed by atoms with van der Waals surface area (Å²) in [6.45, 7) is 3.34. The maximum atomic E-state index is 12.8. The van der Waals surface area contributed by atoms with Gasteiger partial charge in [0.05, 0.1) is 12.8 Å². The Balaban J connectivity index is 1.78. The normalized spacial score (nSPS) is 13.4. The van der Waals surface area contributed by atoms with Crippen LogP contribution in [0.15, 0.2) is 42.5 Å². The van der Waals surface area contributed by atoms with Gasteiger partial charge in [0.15, 0.2) is 5.75 Å². The third-order valence-corrected chi connectivity index (χ3v) is 5.44. The molecule has 0 saturated heterocycles. The zero-order valence-corrected chi connectivity index (χ0v) is 17.1. The van der Waals surface area contributed by atoms with Crippen LogP contribution in [0, 0.1) is 6.92 Å². The first-order valence-corrected chi connectivity index (χ1v) is 9.87. The summed E-state index contributed by atoms with van der Waals surface area (Å²) in [5.41, 5.74) is 4.06. The average Bonchev–Trinajstić information content (AvgIpc) is 3.18. The van der Waals surface area contributed by atoms with Crippen LogP contribution in [0.4, 0.5) is 18.9 Å². The number of carbonyl (C=O) groups is 1. The van der Waals surface area contributed by atoms with Crippen molar-refractivity contribution in [2.24, 2.45) is 0 Å². The van der Waals surface area contributed by atoms with Gasteiger partial charge < -0.3 is 14.4 Å². The molecule has 1 aromatic heterocycles. The molecule has 1 aliphatic rings. The molecule has 0 unspecified atom stereocenters. The highest BCUT2D eigenvalue weighted by molar-refractivity contribution is 6.00. The lowest BCUT2D eigenvalue weighted by Gasteiger charge is -2.22. The van der Waals surface area contributed by atoms with E-state index < -0.39 is 12.1 Å². The lowest BCUT2D eigenvalue weighted by molar-refractivity contribution is -0.189. The van der Waals surface area contributed by atoms with Crippen LogP contribution in [0.3, 0.4) is 0 Å². The number of esters is 1. The van der Waals surface area contributed by atoms with Crippen molar-refractivity contribution in [3.63, 3.8) is 0 Å². The van der Waals surface area contributed by atoms with Crippen LogP contribution >= 0.6 is 0 Å². The lowest BCUT2D eigenvalue weighted by atomic mass is 10.0. The number of anilines is 1. The Morgan fingerprint density at radius 2 is 1.94 bits per heavy atom. The minimum Gasteiger partial charge on any atom is -0.497 e. The van der Waals surface area contributed by atoms with Gasteiger partial charge in [-0.15, -0.1) is 0 Å². The Labute approximate surface area is 177 Å². The number of aromatic nitrogens is 1. The molecule has 0 radical (unpaired) electrons. The molecule has 0 fully saturated rings. The van der Waals surface area contributed by atoms with E-state index >= 15 is 0 Å². The molecule has 162 valence electrons. The van der Waals surface area contributed by atoms with E-state index in [0.29, 0.717) is 16.8 Å². The molecular formula is C23H21F3N2O3. The Morgan fingerprint density at radius 1 is 1.19 bits per heavy atom. The second kappa shape index (κ2) is 8.09. The summed E-state index contributed by atoms with van der Waals surface area (Å²) in [6, 6.07) is 13.1. The monoisotopic (exact) mass is 430 g/mol. The van der Waals surface area contributed by atoms with Crippen LogP contribution in [0.2, 0.25) is 0 Å². The van der Waals surface area contributed by atoms with Gasteiger partial charge >= 0.3 is 12.1 Å². The maximum Gasteiger partial charge on any atom is 0.491 e. The molecule has 8 heteroatoms. The van der Waals surface area contributed by atoms with Crippen molar-refractivity contribution in [1.82, 2.24) is 4.98 Å². The van der Waals surface area contributed by atoms with Crippen molar-refractivity contribution in [2.45, 2.75) is 25.9 Å². The Kier molecular flexibility index (Phi) is 5.47. The third kappa shape index (κ3) is 4.15. The fourth-order valence-corrected chi connectivity index (χ4v) is 3.95. The highest BCUT2D eigenvalue weighted by Gasteiger charge is 2.42. The van der Waals surface area contributed by atoms with Crippen molar-refractivity contribution in [3.05, 3.63) is 59.3 Å². The Morgan fingerprint density at radius 3 is 2.61 bits per heavy atom. The number of hydrogen-bond donors (Lipinski definition) is 0. The highest BCUT2D eigenvalue weighted by Crippen LogP contribution is 2.42. The van der Waals surface area contributed by atoms with Crippen LogP contribution < -0.4 is 14.4 Å². The molecule has 0 amide bonds. The summed E-state index contributed by atoms with van der Waals surface area (Å²) < 4.78 is 48.4. The van der Waals surface area contributed by atoms with Gasteiger partial charge in [-0.2, -0.15) is 13.2 Å². The number of fused-ring (bicyclic) bond motifs is 3. The highest BCUT2D eigenvalue weighted by atomic mass is 19.4. The lowest BCUT2D eigenvalue weighted by Crippen LogP contribution is -2.28. The van der Waals surface area contributed by atoms with E-state index in [9.17, 15) is 18.0 Å². The molecule has 5 nitrogen and oxygen atoms in total. The number of pyridine rings is 1. The predicted molar refractivity (Wildman–Crippen MR) is 111 cm³/mol. The second-order valence-electron chi connectivity index (χ2n) is 7.41. The summed E-state index contributed by atoms with van der Waals surface area (Å²) in [6.07, 6.45) is -3.50. The Hall–Kier alpha value is -3.29. The van der Waals surface area contributed by atoms with Crippen LogP contribution in [0.1, 0.15) is 16.8 Å². The number of benzene rings is 2. The van der Waals surface area contributed by atoms with Gasteiger partial charge in [0, 0.05) is 30.2 Å². The number of aryl methyl sites for hydroxylation is 1. The molecule has 0 spiro atoms. The number of ether oxygens (including phenoxy) is 2. The number of hydrogen-bond acceptors (Lipinski definition) is 5. The summed E-state index contributed by atoms with van der Waals surface area (Å²) in [7, 11) is 1.41. The van der Waals surface area contributed by atoms with Crippen molar-refractivity contribution in [1.29, 1.82) is 0 Å². The largest absolute Gasteiger partial charge is 0.497 e. The van der Waals surface area contributed by atoms with E-state index in [4.69, 9.17) is 4.74 Å². The molecule has 3 aromatic rings. The second-order valence-corrected chi connectivity index (χ2v) is 7.41. The number of rotatable bonds is 5. The average molecular weight is 430 g/mol. The SMILES string of the molecule is COc1cc(OC(=O)C(F)(F)F)c2nc(C)c3c(c2c1)N(CCc1ccccc1)CC3. The topological polar surface area (TPSA) is 51.7 Å². The maximum absolute atomic E-state index is 12.8. The van der Waals surface area contributed by atoms with Gasteiger partial charge in [-0.1, -0.05) is 30.3 Å². The quantitative estimate of drug-likeness (QED) is 0.437. The Bertz CT molecular complexity index is 1130. The van der Waals surface area contributed by atoms with Gasteiger partial charge in [-0.3, -0.25) is 0 Å². The molecule has 0 atom stereocenters. The minimum atomic E-state index is -5.11. The van der Waals surface area contributed by atoms with Crippen LogP contribution in [-0.4, -0.2) is 37.3 Å². The molecule has 2 heterocycles. The van der Waals surface area contributed by atoms with E-state index in [2.05, 4.69) is 26.8 Å². The summed E-state index contributed by atoms with van der Waals surface area (Å²) >= 11 is 0. The fourth-order valence-electron chi connectivity index (χ4n) is 3.95. The van der Waals surface area contributed by atoms with Crippen LogP contribution in [0.5, 0.6) is 11.5 Å². The van der Waals surface area contributed by atoms with Gasteiger partial charge in [0.25, 0.3) is 0 Å². The zero-order valence-electron chi connectivity index (χ0n) is 17.1. The zero-order chi connectivity index (χ0) is 22.2. The van der Waals surface area contributed by atoms with Gasteiger partial charge in [-0.25, -0.2) is 9.78 Å². The van der Waals surface area contributed by atoms with Crippen LogP contribution in [0.25, 0.3) is 10.9 Å². The van der Waals surface area contributed by atoms with E-state index in [0.717, 1.165) is 37.2 Å². The summed E-state index contributed by atoms with van der Waals surface area (Å²) in [4.78, 5) is 18.2. The standard InChI is InChI=1S/C23H21F3N2O3/c1-14-17-9-11-28(10-8-15-6-4-3-5-7-15)21(17)18-12-16(30-2)13-19(20(18)27-14)31-22(29)23(24,25)26/h3-7,12-13H,8-11H2,1-2H3. The summed E-state index contributed by atoms with van der Waals surface area (Å²) in [5, 5.41) is 0.607. The van der Waals surface area contributed by atoms with Gasteiger partial charge in [-0.05, 0) is 37.0 Å². The van der Waals surface area contributed by atoms with Crippen LogP contribution in [-0.2, 0) is 17.6 Å². The molecule has 4 rings (SSSR count). The number of carbonyl (C=O) groups excluding carboxylic acids is 1. The van der Waals surface area contributed by atoms with E-state index in [1.54, 1.807) is 6.07 Å². The molecule has 1 aliphatic heterocycles. The molecular weight excluding hydrogens is 409 g/mol. The van der Waals surface area contributed by atoms with Crippen molar-refractivity contribution in [3.8, 4) is 11.5 Å². The first-order valence-electron chi connectivity index (χ1n) is 9.87. The van der Waals surface area contributed by atoms with E-state index in [1.165, 1.54) is 18.7 Å². The summed E-state index contributed by atoms with van der Waals surface area (Å²) in [5.74, 6) is -2.26. The first kappa shape index (κ1) is 21.0. The minimum absolute atomic E-state index is 0.210. The number of nitrogens with zero attached hydrogens (tertiary/aromatic N) is 2. The van der Waals surface area contributed by atoms with Crippen molar-refractivity contribution >= 4 is 22.6 Å². The smallest absolute Gasteiger partial charge is 0.491 e. The molecule has 0 bridgehead atoms. The number of methoxy groups -OCH3 is 1. The number of alkyl halides is 3. The molecule has 2 aromatic carbocycles. The van der Waals surface area contributed by atoms with Crippen molar-refractivity contribution in [2.75, 3.05) is 25.1 Å². The molecule has 0 saturated carbocycles. The van der Waals surface area contributed by atoms with E-state index in [1.807, 2.05) is 25.1 Å². The molecule has 0 aliphatic carbocycles. The van der Waals surface area contributed by atoms with Crippen molar-refractivity contribution < 1.29 is 27.4 Å². The van der Waals surface area contributed by atoms with E-state index in [-0.39, 0.29) is 11.3 Å². The first-order chi connectivity index (χ1) is 14.8. The third-order valence-electron chi connectivity index (χ3n) is 5.44. The number of halogens is 3. The predicted octanol–water partition coefficient (Wildman–Crippen LogP) is 4.62. The molecule has 31 heavy (non-hydrogen) atoms. The van der Waals surface area contributed by atoms with Gasteiger partial charge in [0.1, 0.15) is 11.3 Å². The van der Waals surface area contributed by atoms with Gasteiger partial charge in [0.2, 0.25) is 0 Å².